The summed E-state index contributed by atoms with van der Waals surface area (Å²) in [5.74, 6) is 1.29. The summed E-state index contributed by atoms with van der Waals surface area (Å²) >= 11 is 1.69. The third-order valence-electron chi connectivity index (χ3n) is 3.26. The van der Waals surface area contributed by atoms with Crippen molar-refractivity contribution in [3.05, 3.63) is 0 Å². The molecule has 5 heteroatoms. The van der Waals surface area contributed by atoms with Crippen LogP contribution in [0.25, 0.3) is 0 Å². The van der Waals surface area contributed by atoms with Crippen LogP contribution in [-0.4, -0.2) is 48.0 Å². The predicted octanol–water partition coefficient (Wildman–Crippen LogP) is 0.434. The van der Waals surface area contributed by atoms with Crippen molar-refractivity contribution < 1.29 is 19.4 Å². The van der Waals surface area contributed by atoms with Gasteiger partial charge in [0.25, 0.3) is 0 Å². The Labute approximate surface area is 93.3 Å². The standard InChI is InChI=1S/C10H16O4S/c1-2-14-8(11)9(3-4-15-7-9)10(12)5-13-6-10/h12H,2-7H2,1H3. The molecule has 0 amide bonds. The molecule has 2 saturated heterocycles. The molecule has 0 radical (unpaired) electrons. The van der Waals surface area contributed by atoms with Crippen LogP contribution in [0.4, 0.5) is 0 Å². The number of thioether (sulfide) groups is 1. The first-order valence-electron chi connectivity index (χ1n) is 5.20. The Morgan fingerprint density at radius 2 is 2.33 bits per heavy atom. The summed E-state index contributed by atoms with van der Waals surface area (Å²) in [4.78, 5) is 12.0. The SMILES string of the molecule is CCOC(=O)C1(C2(O)COC2)CCSC1. The van der Waals surface area contributed by atoms with Gasteiger partial charge in [-0.3, -0.25) is 4.79 Å². The zero-order valence-electron chi connectivity index (χ0n) is 8.82. The number of aliphatic hydroxyl groups is 1. The van der Waals surface area contributed by atoms with Crippen molar-refractivity contribution in [1.82, 2.24) is 0 Å². The highest BCUT2D eigenvalue weighted by Crippen LogP contribution is 2.48. The lowest BCUT2D eigenvalue weighted by atomic mass is 9.70. The maximum atomic E-state index is 12.0. The van der Waals surface area contributed by atoms with Gasteiger partial charge in [-0.1, -0.05) is 0 Å². The summed E-state index contributed by atoms with van der Waals surface area (Å²) in [6, 6.07) is 0. The highest BCUT2D eigenvalue weighted by molar-refractivity contribution is 7.99. The molecule has 0 bridgehead atoms. The van der Waals surface area contributed by atoms with Gasteiger partial charge in [-0.15, -0.1) is 0 Å². The zero-order chi connectivity index (χ0) is 10.9. The van der Waals surface area contributed by atoms with Crippen LogP contribution in [0.5, 0.6) is 0 Å². The second-order valence-electron chi connectivity index (χ2n) is 4.13. The first-order valence-corrected chi connectivity index (χ1v) is 6.35. The highest BCUT2D eigenvalue weighted by Gasteiger charge is 2.62. The molecule has 1 atom stereocenters. The number of rotatable bonds is 3. The minimum absolute atomic E-state index is 0.256. The lowest BCUT2D eigenvalue weighted by molar-refractivity contribution is -0.240. The van der Waals surface area contributed by atoms with Gasteiger partial charge in [0.1, 0.15) is 11.0 Å². The molecule has 2 heterocycles. The van der Waals surface area contributed by atoms with Crippen LogP contribution in [0.2, 0.25) is 0 Å². The Kier molecular flexibility index (Phi) is 2.96. The van der Waals surface area contributed by atoms with Crippen LogP contribution >= 0.6 is 11.8 Å². The topological polar surface area (TPSA) is 55.8 Å². The van der Waals surface area contributed by atoms with Gasteiger partial charge in [0.15, 0.2) is 0 Å². The molecule has 2 fully saturated rings. The minimum Gasteiger partial charge on any atom is -0.465 e. The molecule has 0 aromatic rings. The highest BCUT2D eigenvalue weighted by atomic mass is 32.2. The smallest absolute Gasteiger partial charge is 0.316 e. The number of ether oxygens (including phenoxy) is 2. The second kappa shape index (κ2) is 3.96. The monoisotopic (exact) mass is 232 g/mol. The fourth-order valence-corrected chi connectivity index (χ4v) is 3.64. The van der Waals surface area contributed by atoms with Crippen molar-refractivity contribution in [2.75, 3.05) is 31.3 Å². The summed E-state index contributed by atoms with van der Waals surface area (Å²) < 4.78 is 10.1. The molecule has 15 heavy (non-hydrogen) atoms. The summed E-state index contributed by atoms with van der Waals surface area (Å²) in [6.07, 6.45) is 0.691. The summed E-state index contributed by atoms with van der Waals surface area (Å²) in [5.41, 5.74) is -1.73. The van der Waals surface area contributed by atoms with Crippen molar-refractivity contribution in [1.29, 1.82) is 0 Å². The van der Waals surface area contributed by atoms with Gasteiger partial charge in [0.2, 0.25) is 0 Å². The Balaban J connectivity index is 2.20. The van der Waals surface area contributed by atoms with E-state index in [1.807, 2.05) is 0 Å². The molecule has 2 aliphatic heterocycles. The largest absolute Gasteiger partial charge is 0.465 e. The number of hydrogen-bond donors (Lipinski definition) is 1. The molecule has 1 N–H and O–H groups in total. The summed E-state index contributed by atoms with van der Waals surface area (Å²) in [7, 11) is 0. The van der Waals surface area contributed by atoms with E-state index in [-0.39, 0.29) is 19.2 Å². The van der Waals surface area contributed by atoms with E-state index in [0.29, 0.717) is 18.8 Å². The normalized spacial score (nSPS) is 33.5. The van der Waals surface area contributed by atoms with E-state index in [4.69, 9.17) is 9.47 Å². The lowest BCUT2D eigenvalue weighted by Gasteiger charge is -2.47. The Hall–Kier alpha value is -0.260. The van der Waals surface area contributed by atoms with E-state index in [0.717, 1.165) is 5.75 Å². The molecule has 2 aliphatic rings. The fourth-order valence-electron chi connectivity index (χ4n) is 2.12. The van der Waals surface area contributed by atoms with Gasteiger partial charge in [-0.05, 0) is 19.1 Å². The molecule has 0 spiro atoms. The van der Waals surface area contributed by atoms with E-state index >= 15 is 0 Å². The Morgan fingerprint density at radius 3 is 2.73 bits per heavy atom. The first-order chi connectivity index (χ1) is 7.15. The van der Waals surface area contributed by atoms with Crippen LogP contribution < -0.4 is 0 Å². The van der Waals surface area contributed by atoms with Gasteiger partial charge in [0, 0.05) is 5.75 Å². The van der Waals surface area contributed by atoms with Crippen LogP contribution in [0, 0.1) is 5.41 Å². The first kappa shape index (κ1) is 11.2. The van der Waals surface area contributed by atoms with Gasteiger partial charge in [0.05, 0.1) is 19.8 Å². The Bertz CT molecular complexity index is 256. The predicted molar refractivity (Wildman–Crippen MR) is 56.8 cm³/mol. The molecular weight excluding hydrogens is 216 g/mol. The van der Waals surface area contributed by atoms with Crippen LogP contribution in [-0.2, 0) is 14.3 Å². The lowest BCUT2D eigenvalue weighted by Crippen LogP contribution is -2.65. The van der Waals surface area contributed by atoms with Crippen molar-refractivity contribution in [3.8, 4) is 0 Å². The quantitative estimate of drug-likeness (QED) is 0.715. The number of hydrogen-bond acceptors (Lipinski definition) is 5. The molecule has 4 nitrogen and oxygen atoms in total. The van der Waals surface area contributed by atoms with E-state index in [1.54, 1.807) is 18.7 Å². The van der Waals surface area contributed by atoms with E-state index in [9.17, 15) is 9.90 Å². The molecule has 86 valence electrons. The average molecular weight is 232 g/mol. The Morgan fingerprint density at radius 1 is 1.60 bits per heavy atom. The maximum Gasteiger partial charge on any atom is 0.316 e. The summed E-state index contributed by atoms with van der Waals surface area (Å²) in [6.45, 7) is 2.66. The molecule has 1 unspecified atom stereocenters. The van der Waals surface area contributed by atoms with Crippen LogP contribution in [0.15, 0.2) is 0 Å². The molecule has 0 aliphatic carbocycles. The molecule has 0 aromatic heterocycles. The zero-order valence-corrected chi connectivity index (χ0v) is 9.64. The molecule has 0 aromatic carbocycles. The fraction of sp³-hybridized carbons (Fsp3) is 0.900. The van der Waals surface area contributed by atoms with Crippen LogP contribution in [0.1, 0.15) is 13.3 Å². The van der Waals surface area contributed by atoms with Crippen molar-refractivity contribution in [2.24, 2.45) is 5.41 Å². The summed E-state index contributed by atoms with van der Waals surface area (Å²) in [5, 5.41) is 10.3. The molecule has 2 rings (SSSR count). The van der Waals surface area contributed by atoms with Crippen LogP contribution in [0.3, 0.4) is 0 Å². The van der Waals surface area contributed by atoms with E-state index < -0.39 is 11.0 Å². The van der Waals surface area contributed by atoms with Gasteiger partial charge < -0.3 is 14.6 Å². The number of carbonyl (C=O) groups is 1. The third-order valence-corrected chi connectivity index (χ3v) is 4.45. The van der Waals surface area contributed by atoms with Gasteiger partial charge in [-0.2, -0.15) is 11.8 Å². The van der Waals surface area contributed by atoms with Gasteiger partial charge in [-0.25, -0.2) is 0 Å². The average Bonchev–Trinajstić information content (AvgIpc) is 2.64. The van der Waals surface area contributed by atoms with Crippen molar-refractivity contribution in [2.45, 2.75) is 18.9 Å². The third kappa shape index (κ3) is 1.57. The number of carbonyl (C=O) groups excluding carboxylic acids is 1. The number of esters is 1. The molecule has 0 saturated carbocycles. The van der Waals surface area contributed by atoms with Crippen molar-refractivity contribution >= 4 is 17.7 Å². The second-order valence-corrected chi connectivity index (χ2v) is 5.23. The van der Waals surface area contributed by atoms with E-state index in [2.05, 4.69) is 0 Å². The van der Waals surface area contributed by atoms with Gasteiger partial charge >= 0.3 is 5.97 Å². The van der Waals surface area contributed by atoms with Crippen molar-refractivity contribution in [3.63, 3.8) is 0 Å². The minimum atomic E-state index is -0.997. The maximum absolute atomic E-state index is 12.0. The van der Waals surface area contributed by atoms with E-state index in [1.165, 1.54) is 0 Å². The molecular formula is C10H16O4S.